The number of anilines is 2. The van der Waals surface area contributed by atoms with Crippen LogP contribution in [0.5, 0.6) is 5.75 Å². The summed E-state index contributed by atoms with van der Waals surface area (Å²) in [6.07, 6.45) is -1.15. The Morgan fingerprint density at radius 1 is 1.18 bits per heavy atom. The molecule has 0 amide bonds. The van der Waals surface area contributed by atoms with Crippen molar-refractivity contribution < 1.29 is 26.3 Å². The maximum absolute atomic E-state index is 13.6. The molecule has 214 valence electrons. The fourth-order valence-corrected chi connectivity index (χ4v) is 6.32. The van der Waals surface area contributed by atoms with E-state index in [0.717, 1.165) is 38.0 Å². The molecule has 2 fully saturated rings. The summed E-state index contributed by atoms with van der Waals surface area (Å²) in [5.74, 6) is 6.14. The van der Waals surface area contributed by atoms with Crippen molar-refractivity contribution >= 4 is 32.1 Å². The minimum atomic E-state index is -4.41. The molecule has 0 bridgehead atoms. The lowest BCUT2D eigenvalue weighted by molar-refractivity contribution is -0.140. The van der Waals surface area contributed by atoms with Gasteiger partial charge in [0.05, 0.1) is 41.2 Å². The van der Waals surface area contributed by atoms with Crippen molar-refractivity contribution in [3.63, 3.8) is 0 Å². The highest BCUT2D eigenvalue weighted by Gasteiger charge is 2.50. The van der Waals surface area contributed by atoms with E-state index in [2.05, 4.69) is 27.8 Å². The van der Waals surface area contributed by atoms with Gasteiger partial charge in [-0.05, 0) is 62.1 Å². The summed E-state index contributed by atoms with van der Waals surface area (Å²) in [5.41, 5.74) is 2.33. The van der Waals surface area contributed by atoms with Crippen molar-refractivity contribution in [3.05, 3.63) is 48.2 Å². The average Bonchev–Trinajstić information content (AvgIpc) is 3.61. The fraction of sp³-hybridized carbons (Fsp3) is 0.448. The molecule has 1 saturated carbocycles. The van der Waals surface area contributed by atoms with Gasteiger partial charge in [0.15, 0.2) is 9.84 Å². The van der Waals surface area contributed by atoms with E-state index >= 15 is 0 Å². The first kappa shape index (κ1) is 28.2. The van der Waals surface area contributed by atoms with E-state index in [1.807, 2.05) is 6.07 Å². The Kier molecular flexibility index (Phi) is 7.68. The number of alkyl halides is 3. The zero-order valence-electron chi connectivity index (χ0n) is 22.5. The van der Waals surface area contributed by atoms with Gasteiger partial charge in [0.1, 0.15) is 12.3 Å². The van der Waals surface area contributed by atoms with Gasteiger partial charge >= 0.3 is 6.18 Å². The summed E-state index contributed by atoms with van der Waals surface area (Å²) in [6, 6.07) is 11.9. The number of aromatic nitrogens is 1. The Morgan fingerprint density at radius 3 is 2.67 bits per heavy atom. The highest BCUT2D eigenvalue weighted by molar-refractivity contribution is 7.91. The normalized spacial score (nSPS) is 18.3. The first-order valence-corrected chi connectivity index (χ1v) is 15.0. The average molecular weight is 575 g/mol. The van der Waals surface area contributed by atoms with Crippen LogP contribution in [0.3, 0.4) is 0 Å². The Balaban J connectivity index is 1.40. The Hall–Kier alpha value is -3.36. The molecule has 40 heavy (non-hydrogen) atoms. The molecule has 3 N–H and O–H groups in total. The summed E-state index contributed by atoms with van der Waals surface area (Å²) in [7, 11) is -1.96. The second kappa shape index (κ2) is 10.9. The quantitative estimate of drug-likeness (QED) is 0.328. The molecule has 1 saturated heterocycles. The third-order valence-corrected chi connectivity index (χ3v) is 9.56. The second-order valence-corrected chi connectivity index (χ2v) is 12.7. The molecule has 1 aliphatic carbocycles. The van der Waals surface area contributed by atoms with Crippen LogP contribution < -0.4 is 20.7 Å². The topological polar surface area (TPSA) is 84.4 Å². The van der Waals surface area contributed by atoms with Crippen LogP contribution >= 0.6 is 0 Å². The number of nitrogens with zero attached hydrogens (tertiary/aromatic N) is 1. The number of rotatable bonds is 8. The highest BCUT2D eigenvalue weighted by Crippen LogP contribution is 2.51. The Morgan fingerprint density at radius 2 is 1.98 bits per heavy atom. The van der Waals surface area contributed by atoms with E-state index in [4.69, 9.17) is 4.74 Å². The molecule has 1 aromatic heterocycles. The number of methoxy groups -OCH3 is 1. The predicted molar refractivity (Wildman–Crippen MR) is 151 cm³/mol. The van der Waals surface area contributed by atoms with Crippen LogP contribution in [0.4, 0.5) is 24.5 Å². The van der Waals surface area contributed by atoms with Gasteiger partial charge in [0.25, 0.3) is 0 Å². The third-order valence-electron chi connectivity index (χ3n) is 7.83. The van der Waals surface area contributed by atoms with Gasteiger partial charge in [-0.15, -0.1) is 0 Å². The van der Waals surface area contributed by atoms with Crippen molar-refractivity contribution in [2.75, 3.05) is 43.1 Å². The molecule has 1 atom stereocenters. The van der Waals surface area contributed by atoms with Crippen molar-refractivity contribution in [2.45, 2.75) is 49.8 Å². The van der Waals surface area contributed by atoms with E-state index in [1.165, 1.54) is 23.8 Å². The first-order valence-electron chi connectivity index (χ1n) is 13.3. The minimum Gasteiger partial charge on any atom is -0.495 e. The van der Waals surface area contributed by atoms with E-state index in [1.54, 1.807) is 31.2 Å². The lowest BCUT2D eigenvalue weighted by atomic mass is 9.90. The standard InChI is InChI=1S/C29H33F3N4O3S/c1-3-40(37,38)21-9-10-24(26(17-21)39-2)34-14-5-6-20-16-22-23(35-27-11-15-33-18-28(27)12-13-28)7-4-8-25(22)36(20)19-29(30,31)32/h4,7-10,16-17,27,33-35H,3,11-15,18-19H2,1-2H3/t27-/m1/s1. The molecule has 0 unspecified atom stereocenters. The predicted octanol–water partition coefficient (Wildman–Crippen LogP) is 5.02. The molecular weight excluding hydrogens is 541 g/mol. The molecule has 0 radical (unpaired) electrons. The molecule has 11 heteroatoms. The van der Waals surface area contributed by atoms with Crippen LogP contribution in [0.1, 0.15) is 31.9 Å². The van der Waals surface area contributed by atoms with E-state index in [-0.39, 0.29) is 34.3 Å². The summed E-state index contributed by atoms with van der Waals surface area (Å²) < 4.78 is 71.7. The zero-order chi connectivity index (χ0) is 28.5. The number of sulfone groups is 1. The minimum absolute atomic E-state index is 0.0314. The number of halogens is 3. The molecule has 2 aromatic carbocycles. The lowest BCUT2D eigenvalue weighted by Crippen LogP contribution is -2.45. The summed E-state index contributed by atoms with van der Waals surface area (Å²) >= 11 is 0. The molecule has 5 rings (SSSR count). The van der Waals surface area contributed by atoms with Crippen molar-refractivity contribution in [1.82, 2.24) is 9.88 Å². The molecule has 2 aliphatic rings. The number of piperidine rings is 1. The fourth-order valence-electron chi connectivity index (χ4n) is 5.43. The van der Waals surface area contributed by atoms with Crippen LogP contribution in [0, 0.1) is 17.3 Å². The SMILES string of the molecule is CCS(=O)(=O)c1ccc(NCC#Cc2cc3c(N[C@@H]4CCNCC45CC5)cccc3n2CC(F)(F)F)c(OC)c1. The number of hydrogen-bond acceptors (Lipinski definition) is 6. The van der Waals surface area contributed by atoms with Crippen LogP contribution in [0.25, 0.3) is 10.9 Å². The number of fused-ring (bicyclic) bond motifs is 1. The maximum Gasteiger partial charge on any atom is 0.406 e. The summed E-state index contributed by atoms with van der Waals surface area (Å²) in [5, 5.41) is 10.9. The van der Waals surface area contributed by atoms with Crippen LogP contribution in [0.15, 0.2) is 47.4 Å². The molecule has 2 heterocycles. The lowest BCUT2D eigenvalue weighted by Gasteiger charge is -2.34. The van der Waals surface area contributed by atoms with Crippen molar-refractivity contribution in [1.29, 1.82) is 0 Å². The summed E-state index contributed by atoms with van der Waals surface area (Å²) in [4.78, 5) is 0.154. The Bertz CT molecular complexity index is 1570. The molecular formula is C29H33F3N4O3S. The van der Waals surface area contributed by atoms with Gasteiger partial charge in [-0.2, -0.15) is 13.2 Å². The van der Waals surface area contributed by atoms with Gasteiger partial charge < -0.3 is 25.3 Å². The summed E-state index contributed by atoms with van der Waals surface area (Å²) in [6.45, 7) is 2.41. The second-order valence-electron chi connectivity index (χ2n) is 10.4. The van der Waals surface area contributed by atoms with E-state index in [9.17, 15) is 21.6 Å². The zero-order valence-corrected chi connectivity index (χ0v) is 23.3. The molecule has 1 aliphatic heterocycles. The van der Waals surface area contributed by atoms with Crippen molar-refractivity contribution in [3.8, 4) is 17.6 Å². The first-order chi connectivity index (χ1) is 19.0. The number of ether oxygens (including phenoxy) is 1. The number of hydrogen-bond donors (Lipinski definition) is 3. The highest BCUT2D eigenvalue weighted by atomic mass is 32.2. The van der Waals surface area contributed by atoms with E-state index in [0.29, 0.717) is 22.3 Å². The third kappa shape index (κ3) is 5.88. The smallest absolute Gasteiger partial charge is 0.406 e. The van der Waals surface area contributed by atoms with Crippen molar-refractivity contribution in [2.24, 2.45) is 5.41 Å². The van der Waals surface area contributed by atoms with E-state index < -0.39 is 22.6 Å². The Labute approximate surface area is 232 Å². The number of nitrogens with one attached hydrogen (secondary N) is 3. The maximum atomic E-state index is 13.6. The van der Waals surface area contributed by atoms with Gasteiger partial charge in [-0.25, -0.2) is 8.42 Å². The van der Waals surface area contributed by atoms with Gasteiger partial charge in [-0.1, -0.05) is 18.9 Å². The van der Waals surface area contributed by atoms with Crippen LogP contribution in [-0.2, 0) is 16.4 Å². The monoisotopic (exact) mass is 574 g/mol. The van der Waals surface area contributed by atoms with Gasteiger partial charge in [0.2, 0.25) is 0 Å². The molecule has 7 nitrogen and oxygen atoms in total. The van der Waals surface area contributed by atoms with Gasteiger partial charge in [0, 0.05) is 35.1 Å². The number of benzene rings is 2. The van der Waals surface area contributed by atoms with Crippen LogP contribution in [-0.4, -0.2) is 57.7 Å². The van der Waals surface area contributed by atoms with Gasteiger partial charge in [-0.3, -0.25) is 0 Å². The molecule has 1 spiro atoms. The largest absolute Gasteiger partial charge is 0.495 e. The molecule has 3 aromatic rings. The van der Waals surface area contributed by atoms with Crippen LogP contribution in [0.2, 0.25) is 0 Å².